The number of rotatable bonds is 7. The fourth-order valence-corrected chi connectivity index (χ4v) is 3.55. The number of pyridine rings is 1. The van der Waals surface area contributed by atoms with Gasteiger partial charge in [0, 0.05) is 23.3 Å². The number of nitrogens with zero attached hydrogens (tertiary/aromatic N) is 3. The molecular formula is C22H18N4O7. The van der Waals surface area contributed by atoms with Crippen molar-refractivity contribution in [2.45, 2.75) is 0 Å². The van der Waals surface area contributed by atoms with Gasteiger partial charge < -0.3 is 19.3 Å². The Labute approximate surface area is 186 Å². The van der Waals surface area contributed by atoms with Crippen LogP contribution in [0.1, 0.15) is 10.4 Å². The zero-order valence-corrected chi connectivity index (χ0v) is 17.8. The number of nitro benzene ring substituents is 1. The number of benzene rings is 2. The van der Waals surface area contributed by atoms with E-state index < -0.39 is 10.9 Å². The molecule has 0 saturated heterocycles. The minimum absolute atomic E-state index is 0.0704. The molecular weight excluding hydrogens is 432 g/mol. The molecule has 0 amide bonds. The van der Waals surface area contributed by atoms with Gasteiger partial charge in [-0.1, -0.05) is 12.1 Å². The molecule has 4 aromatic rings. The summed E-state index contributed by atoms with van der Waals surface area (Å²) in [5.41, 5.74) is 1.50. The van der Waals surface area contributed by atoms with E-state index in [1.54, 1.807) is 18.2 Å². The van der Waals surface area contributed by atoms with E-state index in [1.165, 1.54) is 45.6 Å². The smallest absolute Gasteiger partial charge is 0.336 e. The van der Waals surface area contributed by atoms with Crippen LogP contribution >= 0.6 is 0 Å². The van der Waals surface area contributed by atoms with Gasteiger partial charge in [0.2, 0.25) is 5.75 Å². The van der Waals surface area contributed by atoms with Gasteiger partial charge in [-0.05, 0) is 18.2 Å². The van der Waals surface area contributed by atoms with E-state index in [0.29, 0.717) is 39.8 Å². The monoisotopic (exact) mass is 450 g/mol. The lowest BCUT2D eigenvalue weighted by molar-refractivity contribution is -0.384. The molecule has 2 N–H and O–H groups in total. The number of fused-ring (bicyclic) bond motifs is 1. The Balaban J connectivity index is 1.94. The number of methoxy groups -OCH3 is 3. The average Bonchev–Trinajstić information content (AvgIpc) is 3.26. The van der Waals surface area contributed by atoms with Crippen LogP contribution < -0.4 is 14.2 Å². The first-order valence-corrected chi connectivity index (χ1v) is 9.55. The van der Waals surface area contributed by atoms with Crippen LogP contribution in [0.2, 0.25) is 0 Å². The molecule has 168 valence electrons. The maximum absolute atomic E-state index is 12.2. The first-order chi connectivity index (χ1) is 15.9. The zero-order chi connectivity index (χ0) is 23.7. The van der Waals surface area contributed by atoms with Gasteiger partial charge in [-0.3, -0.25) is 15.2 Å². The standard InChI is InChI=1S/C22H18N4O7/c1-31-16-8-12(9-17(32-2)20(16)33-3)15-10-14(22(27)28)18-19(24-25-21(18)23-15)11-5-4-6-13(7-11)26(29)30/h4-10H,1-3H3,(H,27,28)(H,23,24,25). The molecule has 0 atom stereocenters. The van der Waals surface area contributed by atoms with Crippen molar-refractivity contribution < 1.29 is 29.0 Å². The maximum atomic E-state index is 12.2. The number of non-ortho nitro benzene ring substituents is 1. The number of nitro groups is 1. The molecule has 0 radical (unpaired) electrons. The van der Waals surface area contributed by atoms with E-state index in [2.05, 4.69) is 15.2 Å². The average molecular weight is 450 g/mol. The summed E-state index contributed by atoms with van der Waals surface area (Å²) >= 11 is 0. The van der Waals surface area contributed by atoms with Crippen molar-refractivity contribution >= 4 is 22.7 Å². The lowest BCUT2D eigenvalue weighted by Gasteiger charge is -2.14. The highest BCUT2D eigenvalue weighted by Gasteiger charge is 2.22. The van der Waals surface area contributed by atoms with Gasteiger partial charge in [0.1, 0.15) is 0 Å². The summed E-state index contributed by atoms with van der Waals surface area (Å²) in [6, 6.07) is 10.5. The highest BCUT2D eigenvalue weighted by Crippen LogP contribution is 2.41. The number of hydrogen-bond donors (Lipinski definition) is 2. The number of ether oxygens (including phenoxy) is 3. The van der Waals surface area contributed by atoms with Gasteiger partial charge in [0.05, 0.1) is 48.6 Å². The number of hydrogen-bond acceptors (Lipinski definition) is 8. The first kappa shape index (κ1) is 21.6. The quantitative estimate of drug-likeness (QED) is 0.315. The summed E-state index contributed by atoms with van der Waals surface area (Å²) in [6.07, 6.45) is 0. The molecule has 0 unspecified atom stereocenters. The molecule has 33 heavy (non-hydrogen) atoms. The fraction of sp³-hybridized carbons (Fsp3) is 0.136. The van der Waals surface area contributed by atoms with E-state index in [-0.39, 0.29) is 22.3 Å². The number of aromatic amines is 1. The van der Waals surface area contributed by atoms with Crippen molar-refractivity contribution in [1.29, 1.82) is 0 Å². The Morgan fingerprint density at radius 3 is 2.30 bits per heavy atom. The minimum atomic E-state index is -1.20. The second-order valence-corrected chi connectivity index (χ2v) is 6.88. The van der Waals surface area contributed by atoms with Crippen LogP contribution in [0.5, 0.6) is 17.2 Å². The van der Waals surface area contributed by atoms with Gasteiger partial charge >= 0.3 is 5.97 Å². The van der Waals surface area contributed by atoms with Crippen molar-refractivity contribution in [3.63, 3.8) is 0 Å². The van der Waals surface area contributed by atoms with Gasteiger partial charge in [0.25, 0.3) is 5.69 Å². The second kappa shape index (κ2) is 8.46. The third-order valence-electron chi connectivity index (χ3n) is 5.06. The SMILES string of the molecule is COc1cc(-c2cc(C(=O)O)c3c(-c4cccc([N+](=O)[O-])c4)[nH]nc3n2)cc(OC)c1OC. The lowest BCUT2D eigenvalue weighted by atomic mass is 10.0. The highest BCUT2D eigenvalue weighted by molar-refractivity contribution is 6.08. The van der Waals surface area contributed by atoms with E-state index >= 15 is 0 Å². The van der Waals surface area contributed by atoms with Gasteiger partial charge in [-0.15, -0.1) is 0 Å². The Morgan fingerprint density at radius 1 is 1.03 bits per heavy atom. The molecule has 0 saturated carbocycles. The number of carboxylic acids is 1. The van der Waals surface area contributed by atoms with Crippen LogP contribution in [0.25, 0.3) is 33.5 Å². The van der Waals surface area contributed by atoms with Crippen LogP contribution in [-0.2, 0) is 0 Å². The Bertz CT molecular complexity index is 1370. The first-order valence-electron chi connectivity index (χ1n) is 9.55. The summed E-state index contributed by atoms with van der Waals surface area (Å²) in [5.74, 6) is -0.0601. The van der Waals surface area contributed by atoms with E-state index in [9.17, 15) is 20.0 Å². The highest BCUT2D eigenvalue weighted by atomic mass is 16.6. The summed E-state index contributed by atoms with van der Waals surface area (Å²) in [6.45, 7) is 0. The number of H-pyrrole nitrogens is 1. The number of aromatic carboxylic acids is 1. The summed E-state index contributed by atoms with van der Waals surface area (Å²) < 4.78 is 16.1. The fourth-order valence-electron chi connectivity index (χ4n) is 3.55. The van der Waals surface area contributed by atoms with Crippen LogP contribution in [0.3, 0.4) is 0 Å². The van der Waals surface area contributed by atoms with E-state index in [0.717, 1.165) is 0 Å². The molecule has 0 aliphatic carbocycles. The van der Waals surface area contributed by atoms with Crippen LogP contribution in [0, 0.1) is 10.1 Å². The molecule has 2 aromatic carbocycles. The topological polar surface area (TPSA) is 150 Å². The van der Waals surface area contributed by atoms with Crippen LogP contribution in [0.15, 0.2) is 42.5 Å². The summed E-state index contributed by atoms with van der Waals surface area (Å²) in [5, 5.41) is 28.2. The molecule has 2 heterocycles. The molecule has 0 spiro atoms. The molecule has 4 rings (SSSR count). The molecule has 11 heteroatoms. The van der Waals surface area contributed by atoms with E-state index in [1.807, 2.05) is 0 Å². The molecule has 0 aliphatic heterocycles. The minimum Gasteiger partial charge on any atom is -0.493 e. The number of nitrogens with one attached hydrogen (secondary N) is 1. The van der Waals surface area contributed by atoms with Crippen LogP contribution in [0.4, 0.5) is 5.69 Å². The molecule has 0 bridgehead atoms. The van der Waals surface area contributed by atoms with Crippen molar-refractivity contribution in [2.24, 2.45) is 0 Å². The van der Waals surface area contributed by atoms with Crippen molar-refractivity contribution in [3.8, 4) is 39.8 Å². The number of carbonyl (C=O) groups is 1. The third kappa shape index (κ3) is 3.76. The Hall–Kier alpha value is -4.67. The Kier molecular flexibility index (Phi) is 5.53. The van der Waals surface area contributed by atoms with Gasteiger partial charge in [-0.2, -0.15) is 5.10 Å². The maximum Gasteiger partial charge on any atom is 0.336 e. The summed E-state index contributed by atoms with van der Waals surface area (Å²) in [7, 11) is 4.42. The zero-order valence-electron chi connectivity index (χ0n) is 17.8. The molecule has 0 fully saturated rings. The predicted octanol–water partition coefficient (Wildman–Crippen LogP) is 3.92. The second-order valence-electron chi connectivity index (χ2n) is 6.88. The van der Waals surface area contributed by atoms with Crippen molar-refractivity contribution in [1.82, 2.24) is 15.2 Å². The molecule has 11 nitrogen and oxygen atoms in total. The summed E-state index contributed by atoms with van der Waals surface area (Å²) in [4.78, 5) is 27.3. The van der Waals surface area contributed by atoms with Gasteiger partial charge in [0.15, 0.2) is 17.1 Å². The molecule has 2 aromatic heterocycles. The predicted molar refractivity (Wildman–Crippen MR) is 118 cm³/mol. The molecule has 0 aliphatic rings. The van der Waals surface area contributed by atoms with Gasteiger partial charge in [-0.25, -0.2) is 9.78 Å². The third-order valence-corrected chi connectivity index (χ3v) is 5.06. The largest absolute Gasteiger partial charge is 0.493 e. The van der Waals surface area contributed by atoms with Crippen LogP contribution in [-0.4, -0.2) is 52.5 Å². The lowest BCUT2D eigenvalue weighted by Crippen LogP contribution is -2.01. The number of carboxylic acid groups (broad SMARTS) is 1. The normalized spacial score (nSPS) is 10.8. The van der Waals surface area contributed by atoms with Crippen molar-refractivity contribution in [2.75, 3.05) is 21.3 Å². The van der Waals surface area contributed by atoms with E-state index in [4.69, 9.17) is 14.2 Å². The van der Waals surface area contributed by atoms with Crippen molar-refractivity contribution in [3.05, 3.63) is 58.1 Å². The Morgan fingerprint density at radius 2 is 1.73 bits per heavy atom. The number of aromatic nitrogens is 3.